The van der Waals surface area contributed by atoms with Gasteiger partial charge in [0.05, 0.1) is 44.6 Å². The van der Waals surface area contributed by atoms with Crippen molar-refractivity contribution in [3.05, 3.63) is 36.4 Å². The quantitative estimate of drug-likeness (QED) is 0.0166. The number of amides is 18. The fourth-order valence-electron chi connectivity index (χ4n) is 11.9. The van der Waals surface area contributed by atoms with Gasteiger partial charge in [-0.15, -0.1) is 0 Å². The van der Waals surface area contributed by atoms with Crippen LogP contribution in [0, 0.1) is 5.92 Å². The number of primary amides is 2. The number of rotatable bonds is 56. The third kappa shape index (κ3) is 36.9. The summed E-state index contributed by atoms with van der Waals surface area (Å²) in [6.45, 7) is 1.90. The van der Waals surface area contributed by atoms with Crippen LogP contribution in [0.25, 0.3) is 0 Å². The predicted octanol–water partition coefficient (Wildman–Crippen LogP) is -11.9. The van der Waals surface area contributed by atoms with Gasteiger partial charge in [0.25, 0.3) is 0 Å². The second-order valence-corrected chi connectivity index (χ2v) is 28.2. The number of aromatic nitrogens is 4. The number of carboxylic acids is 1. The maximum absolute atomic E-state index is 14.6. The molecule has 18 amide bonds. The molecule has 1 aliphatic heterocycles. The van der Waals surface area contributed by atoms with Crippen LogP contribution in [-0.4, -0.2) is 302 Å². The number of aliphatic hydroxyl groups is 3. The Morgan fingerprint density at radius 3 is 1.42 bits per heavy atom. The van der Waals surface area contributed by atoms with Crippen molar-refractivity contribution in [1.29, 1.82) is 0 Å². The third-order valence-corrected chi connectivity index (χ3v) is 18.3. The summed E-state index contributed by atoms with van der Waals surface area (Å²) in [5.74, 6) is -15.8. The first-order chi connectivity index (χ1) is 55.9. The highest BCUT2D eigenvalue weighted by molar-refractivity contribution is 6.00. The summed E-state index contributed by atoms with van der Waals surface area (Å²) in [6.07, 6.45) is 4.09. The first-order valence-corrected chi connectivity index (χ1v) is 38.5. The van der Waals surface area contributed by atoms with Crippen LogP contribution in [0.1, 0.15) is 129 Å². The monoisotopic (exact) mass is 1670 g/mol. The van der Waals surface area contributed by atoms with Gasteiger partial charge in [0, 0.05) is 62.8 Å². The zero-order chi connectivity index (χ0) is 88.1. The number of H-pyrrole nitrogens is 2. The summed E-state index contributed by atoms with van der Waals surface area (Å²) >= 11 is 0. The van der Waals surface area contributed by atoms with Gasteiger partial charge in [0.1, 0.15) is 79.0 Å². The van der Waals surface area contributed by atoms with Crippen molar-refractivity contribution in [2.75, 3.05) is 65.6 Å². The number of hydrogen-bond donors (Lipinski definition) is 28. The molecule has 660 valence electrons. The first-order valence-electron chi connectivity index (χ1n) is 38.5. The Balaban J connectivity index is 1.81. The number of unbranched alkanes of at least 4 members (excludes halogenated alkanes) is 2. The van der Waals surface area contributed by atoms with Gasteiger partial charge in [-0.1, -0.05) is 13.8 Å². The molecule has 49 nitrogen and oxygen atoms in total. The van der Waals surface area contributed by atoms with Gasteiger partial charge in [0.15, 0.2) is 5.96 Å². The largest absolute Gasteiger partial charge is 0.480 e. The molecule has 1 fully saturated rings. The molecule has 1 saturated heterocycles. The molecule has 3 heterocycles. The van der Waals surface area contributed by atoms with Gasteiger partial charge in [-0.05, 0) is 123 Å². The number of aliphatic hydroxyl groups excluding tert-OH is 3. The van der Waals surface area contributed by atoms with Gasteiger partial charge >= 0.3 is 18.0 Å². The smallest absolute Gasteiger partial charge is 0.322 e. The summed E-state index contributed by atoms with van der Waals surface area (Å²) < 4.78 is 0. The summed E-state index contributed by atoms with van der Waals surface area (Å²) in [6, 6.07) is -21.4. The van der Waals surface area contributed by atoms with Gasteiger partial charge in [0.2, 0.25) is 82.7 Å². The van der Waals surface area contributed by atoms with Crippen LogP contribution in [-0.2, 0) is 84.8 Å². The Bertz CT molecular complexity index is 3660. The molecule has 0 aliphatic carbocycles. The first kappa shape index (κ1) is 100. The van der Waals surface area contributed by atoms with E-state index in [1.165, 1.54) is 32.0 Å². The molecule has 35 N–H and O–H groups in total. The molecule has 2 aromatic heterocycles. The lowest BCUT2D eigenvalue weighted by atomic mass is 10.0. The van der Waals surface area contributed by atoms with E-state index in [0.29, 0.717) is 18.5 Å². The standard InChI is InChI=1S/C69H118N28O21/c1-35(2)52(64(114)90-42(15-9-21-79-67(73)74)57(107)83-30-51(102)103)95-63(113)49-18-12-24-97(49)66(116)45(17-11-23-81-69(76)118)92-61(111)47(31-98)94-59(109)43(13-5-7-19-70)88-54(104)36(3)86-60(110)46(26-39-28-78-34-85-39)87-50(101)29-82-56(106)41(16-10-22-80-68(75)117)89-58(108)44(14-6-8-20-71)91-65(115)53(37(4)100)96-62(112)48(32-99)93-55(105)40(72)25-38-27-77-33-84-38/h27-28,33-37,40-49,52-53,98-100H,5-26,29-32,70-72H2,1-4H3,(H,77,84)(H,78,85)(H,82,106)(H,83,107)(H,86,110)(H,87,101)(H,88,104)(H,89,108)(H,90,114)(H,91,115)(H,92,111)(H,93,105)(H,94,109)(H,95,113)(H,96,112)(H,102,103)(H4,73,74,79)(H3,75,80,117)(H3,76,81,118)/t36-,37+,40-,41-,42-,43-,44-,45-,46-,47-,48-,49-,52-,53-/m0/s1. The third-order valence-electron chi connectivity index (χ3n) is 18.3. The van der Waals surface area contributed by atoms with Crippen molar-refractivity contribution in [3.8, 4) is 0 Å². The Morgan fingerprint density at radius 1 is 0.492 bits per heavy atom. The van der Waals surface area contributed by atoms with Gasteiger partial charge in [-0.25, -0.2) is 19.6 Å². The molecule has 2 aromatic rings. The highest BCUT2D eigenvalue weighted by atomic mass is 16.4. The van der Waals surface area contributed by atoms with Crippen LogP contribution < -0.4 is 120 Å². The van der Waals surface area contributed by atoms with Crippen LogP contribution in [0.15, 0.2) is 30.0 Å². The number of carbonyl (C=O) groups is 17. The van der Waals surface area contributed by atoms with E-state index in [1.54, 1.807) is 13.8 Å². The number of likely N-dealkylation sites (tertiary alicyclic amines) is 1. The topological polar surface area (TPSA) is 807 Å². The number of aromatic amines is 2. The Hall–Kier alpha value is -12.0. The van der Waals surface area contributed by atoms with E-state index < -0.39 is 218 Å². The lowest BCUT2D eigenvalue weighted by molar-refractivity contribution is -0.143. The average Bonchev–Trinajstić information content (AvgIpc) is 1.65. The van der Waals surface area contributed by atoms with E-state index in [1.807, 2.05) is 0 Å². The number of imidazole rings is 2. The number of carbonyl (C=O) groups excluding carboxylic acids is 16. The van der Waals surface area contributed by atoms with Crippen molar-refractivity contribution >= 4 is 107 Å². The van der Waals surface area contributed by atoms with Crippen LogP contribution in [0.5, 0.6) is 0 Å². The molecule has 0 aromatic carbocycles. The fourth-order valence-corrected chi connectivity index (χ4v) is 11.9. The van der Waals surface area contributed by atoms with E-state index in [-0.39, 0.29) is 141 Å². The molecule has 49 heteroatoms. The molecule has 3 rings (SSSR count). The minimum atomic E-state index is -1.83. The number of urea groups is 2. The van der Waals surface area contributed by atoms with Crippen LogP contribution in [0.4, 0.5) is 9.59 Å². The van der Waals surface area contributed by atoms with Gasteiger partial charge in [-0.3, -0.25) is 76.9 Å². The Kier molecular flexibility index (Phi) is 45.3. The highest BCUT2D eigenvalue weighted by Crippen LogP contribution is 2.21. The Labute approximate surface area is 679 Å². The number of carboxylic acid groups (broad SMARTS) is 1. The van der Waals surface area contributed by atoms with Gasteiger partial charge in [-0.2, -0.15) is 0 Å². The van der Waals surface area contributed by atoms with Crippen molar-refractivity contribution < 1.29 is 102 Å². The number of aliphatic carboxylic acids is 1. The van der Waals surface area contributed by atoms with E-state index in [4.69, 9.17) is 45.2 Å². The van der Waals surface area contributed by atoms with Crippen molar-refractivity contribution in [1.82, 2.24) is 105 Å². The normalized spacial score (nSPS) is 15.7. The molecule has 118 heavy (non-hydrogen) atoms. The van der Waals surface area contributed by atoms with Crippen molar-refractivity contribution in [3.63, 3.8) is 0 Å². The predicted molar refractivity (Wildman–Crippen MR) is 418 cm³/mol. The number of nitrogens with one attached hydrogen (secondary N) is 17. The lowest BCUT2D eigenvalue weighted by Crippen LogP contribution is -2.61. The number of nitrogens with zero attached hydrogens (tertiary/aromatic N) is 4. The molecular formula is C69H118N28O21. The molecule has 0 spiro atoms. The zero-order valence-corrected chi connectivity index (χ0v) is 66.4. The SMILES string of the molecule is CC(C)[C@H](NC(=O)[C@@H]1CCCN1C(=O)[C@H](CCCNC(N)=O)NC(=O)[C@H](CO)NC(=O)[C@H](CCCCN)NC(=O)[C@H](C)NC(=O)[C@H](Cc1cnc[nH]1)NC(=O)CNC(=O)[C@H](CCCNC(N)=O)NC(=O)[C@H](CCCCN)NC(=O)[C@@H](NC(=O)[C@H](CO)NC(=O)[C@@H](N)Cc1cnc[nH]1)[C@@H](C)O)C(=O)N[C@@H](CCCN=C(N)N)C(=O)NCC(=O)O. The molecule has 0 radical (unpaired) electrons. The van der Waals surface area contributed by atoms with E-state index in [9.17, 15) is 96.8 Å². The van der Waals surface area contributed by atoms with Crippen molar-refractivity contribution in [2.45, 2.75) is 215 Å². The fraction of sp³-hybridized carbons (Fsp3) is 0.652. The van der Waals surface area contributed by atoms with Crippen molar-refractivity contribution in [2.24, 2.45) is 51.0 Å². The van der Waals surface area contributed by atoms with Gasteiger partial charge < -0.3 is 155 Å². The second-order valence-electron chi connectivity index (χ2n) is 28.2. The molecular weight excluding hydrogens is 1560 g/mol. The number of guanidine groups is 1. The summed E-state index contributed by atoms with van der Waals surface area (Å²) in [5, 5.41) is 76.9. The van der Waals surface area contributed by atoms with E-state index in [0.717, 1.165) is 11.8 Å². The minimum absolute atomic E-state index is 0.00751. The number of nitrogens with two attached hydrogens (primary N) is 7. The number of hydrogen-bond acceptors (Lipinski definition) is 26. The molecule has 0 saturated carbocycles. The molecule has 0 unspecified atom stereocenters. The highest BCUT2D eigenvalue weighted by Gasteiger charge is 2.42. The van der Waals surface area contributed by atoms with E-state index >= 15 is 0 Å². The summed E-state index contributed by atoms with van der Waals surface area (Å²) in [4.78, 5) is 248. The maximum Gasteiger partial charge on any atom is 0.322 e. The maximum atomic E-state index is 14.6. The summed E-state index contributed by atoms with van der Waals surface area (Å²) in [5.41, 5.74) is 39.6. The summed E-state index contributed by atoms with van der Waals surface area (Å²) in [7, 11) is 0. The molecule has 1 aliphatic rings. The molecule has 14 atom stereocenters. The van der Waals surface area contributed by atoms with Crippen LogP contribution in [0.3, 0.4) is 0 Å². The number of aliphatic imine (C=N–C) groups is 1. The van der Waals surface area contributed by atoms with Crippen LogP contribution in [0.2, 0.25) is 0 Å². The van der Waals surface area contributed by atoms with E-state index in [2.05, 4.69) is 105 Å². The zero-order valence-electron chi connectivity index (χ0n) is 66.4. The minimum Gasteiger partial charge on any atom is -0.480 e. The average molecular weight is 1680 g/mol. The van der Waals surface area contributed by atoms with Crippen LogP contribution >= 0.6 is 0 Å². The lowest BCUT2D eigenvalue weighted by Gasteiger charge is -2.31. The second kappa shape index (κ2) is 53.3. The molecule has 0 bridgehead atoms. The Morgan fingerprint density at radius 2 is 0.932 bits per heavy atom.